The van der Waals surface area contributed by atoms with Crippen molar-refractivity contribution < 1.29 is 19.1 Å². The van der Waals surface area contributed by atoms with Crippen LogP contribution in [0.2, 0.25) is 0 Å². The van der Waals surface area contributed by atoms with Gasteiger partial charge in [-0.25, -0.2) is 4.79 Å². The van der Waals surface area contributed by atoms with Gasteiger partial charge in [-0.15, -0.1) is 11.8 Å². The molecule has 33 heavy (non-hydrogen) atoms. The van der Waals surface area contributed by atoms with Gasteiger partial charge >= 0.3 is 5.97 Å². The summed E-state index contributed by atoms with van der Waals surface area (Å²) in [7, 11) is 0. The van der Waals surface area contributed by atoms with E-state index in [2.05, 4.69) is 11.9 Å². The third kappa shape index (κ3) is 4.37. The molecule has 0 radical (unpaired) electrons. The molecule has 0 aromatic heterocycles. The molecule has 4 rings (SSSR count). The molecule has 2 fully saturated rings. The number of nitrogens with one attached hydrogen (secondary N) is 1. The minimum Gasteiger partial charge on any atom is -0.451 e. The second-order valence-corrected chi connectivity index (χ2v) is 9.09. The van der Waals surface area contributed by atoms with E-state index in [-0.39, 0.29) is 5.91 Å². The summed E-state index contributed by atoms with van der Waals surface area (Å²) < 4.78 is 5.97. The largest absolute Gasteiger partial charge is 0.451 e. The fraction of sp³-hybridized carbons (Fsp3) is 0.280. The number of nitrogens with zero attached hydrogens (tertiary/aromatic N) is 2. The highest BCUT2D eigenvalue weighted by molar-refractivity contribution is 8.00. The molecule has 2 aromatic rings. The summed E-state index contributed by atoms with van der Waals surface area (Å²) in [4.78, 5) is 39.8. The number of carbonyl (C=O) groups is 3. The normalized spacial score (nSPS) is 22.6. The van der Waals surface area contributed by atoms with Gasteiger partial charge < -0.3 is 15.0 Å². The van der Waals surface area contributed by atoms with Gasteiger partial charge in [-0.1, -0.05) is 67.2 Å². The Labute approximate surface area is 196 Å². The minimum atomic E-state index is -0.930. The van der Waals surface area contributed by atoms with Crippen LogP contribution in [0.3, 0.4) is 0 Å². The Morgan fingerprint density at radius 1 is 1.15 bits per heavy atom. The molecule has 2 aliphatic rings. The molecule has 8 heteroatoms. The molecule has 2 aromatic carbocycles. The minimum absolute atomic E-state index is 0.384. The average Bonchev–Trinajstić information content (AvgIpc) is 2.85. The Kier molecular flexibility index (Phi) is 6.52. The standard InChI is InChI=1S/C25H23N3O4S/c1-15(13-26)22(29)27-19-23(30)28-20(16(2)14-33-24(19)28)25(31)32-21(17-9-5-3-6-10-17)18-11-7-4-8-12-18/h3-12,15,19-21,24H,2,14H2,1H3,(H,27,29)/t15?,19-,20-,24+/m1/s1. The molecule has 2 amide bonds. The number of amides is 2. The lowest BCUT2D eigenvalue weighted by Crippen LogP contribution is -2.75. The van der Waals surface area contributed by atoms with Crippen molar-refractivity contribution in [3.63, 3.8) is 0 Å². The Bertz CT molecular complexity index is 1080. The molecule has 0 spiro atoms. The second-order valence-electron chi connectivity index (χ2n) is 7.98. The molecule has 2 aliphatic heterocycles. The summed E-state index contributed by atoms with van der Waals surface area (Å²) >= 11 is 1.43. The van der Waals surface area contributed by atoms with Crippen LogP contribution < -0.4 is 5.32 Å². The van der Waals surface area contributed by atoms with Crippen molar-refractivity contribution in [2.45, 2.75) is 30.5 Å². The molecule has 2 heterocycles. The van der Waals surface area contributed by atoms with E-state index in [0.717, 1.165) is 11.1 Å². The fourth-order valence-corrected chi connectivity index (χ4v) is 5.23. The van der Waals surface area contributed by atoms with Crippen molar-refractivity contribution in [3.8, 4) is 6.07 Å². The van der Waals surface area contributed by atoms with E-state index in [1.54, 1.807) is 0 Å². The number of carbonyl (C=O) groups excluding carboxylic acids is 3. The number of fused-ring (bicyclic) bond motifs is 1. The molecule has 1 N–H and O–H groups in total. The van der Waals surface area contributed by atoms with Crippen molar-refractivity contribution in [3.05, 3.63) is 83.9 Å². The van der Waals surface area contributed by atoms with Gasteiger partial charge in [0.05, 0.1) is 6.07 Å². The van der Waals surface area contributed by atoms with Crippen LogP contribution in [0.4, 0.5) is 0 Å². The maximum Gasteiger partial charge on any atom is 0.334 e. The van der Waals surface area contributed by atoms with E-state index in [0.29, 0.717) is 11.3 Å². The predicted octanol–water partition coefficient (Wildman–Crippen LogP) is 2.80. The third-order valence-electron chi connectivity index (χ3n) is 5.73. The number of rotatable bonds is 6. The van der Waals surface area contributed by atoms with Gasteiger partial charge in [0, 0.05) is 5.75 Å². The van der Waals surface area contributed by atoms with Crippen LogP contribution in [0.15, 0.2) is 72.8 Å². The summed E-state index contributed by atoms with van der Waals surface area (Å²) in [6.07, 6.45) is -0.635. The van der Waals surface area contributed by atoms with Gasteiger partial charge in [0.2, 0.25) is 11.8 Å². The number of hydrogen-bond donors (Lipinski definition) is 1. The number of esters is 1. The van der Waals surface area contributed by atoms with E-state index < -0.39 is 41.4 Å². The monoisotopic (exact) mass is 461 g/mol. The number of thioether (sulfide) groups is 1. The Morgan fingerprint density at radius 2 is 1.73 bits per heavy atom. The first-order chi connectivity index (χ1) is 15.9. The Morgan fingerprint density at radius 3 is 2.27 bits per heavy atom. The van der Waals surface area contributed by atoms with Gasteiger partial charge in [0.25, 0.3) is 0 Å². The van der Waals surface area contributed by atoms with Gasteiger partial charge in [0.15, 0.2) is 12.1 Å². The number of hydrogen-bond acceptors (Lipinski definition) is 6. The van der Waals surface area contributed by atoms with Crippen molar-refractivity contribution in [1.82, 2.24) is 10.2 Å². The molecule has 1 unspecified atom stereocenters. The van der Waals surface area contributed by atoms with Crippen LogP contribution >= 0.6 is 11.8 Å². The summed E-state index contributed by atoms with van der Waals surface area (Å²) in [5.74, 6) is -1.87. The summed E-state index contributed by atoms with van der Waals surface area (Å²) in [6.45, 7) is 5.48. The van der Waals surface area contributed by atoms with Crippen LogP contribution in [0.5, 0.6) is 0 Å². The van der Waals surface area contributed by atoms with E-state index in [4.69, 9.17) is 10.00 Å². The van der Waals surface area contributed by atoms with Crippen molar-refractivity contribution in [2.24, 2.45) is 5.92 Å². The van der Waals surface area contributed by atoms with E-state index >= 15 is 0 Å². The predicted molar refractivity (Wildman–Crippen MR) is 124 cm³/mol. The third-order valence-corrected chi connectivity index (χ3v) is 7.11. The van der Waals surface area contributed by atoms with Crippen molar-refractivity contribution in [2.75, 3.05) is 5.75 Å². The van der Waals surface area contributed by atoms with Crippen molar-refractivity contribution >= 4 is 29.5 Å². The molecule has 7 nitrogen and oxygen atoms in total. The Hall–Kier alpha value is -3.57. The molecule has 0 aliphatic carbocycles. The number of ether oxygens (including phenoxy) is 1. The van der Waals surface area contributed by atoms with E-state index in [1.807, 2.05) is 66.7 Å². The quantitative estimate of drug-likeness (QED) is 0.403. The van der Waals surface area contributed by atoms with Gasteiger partial charge in [-0.05, 0) is 23.6 Å². The number of β-lactam (4-membered cyclic amide) rings is 1. The zero-order chi connectivity index (χ0) is 23.5. The average molecular weight is 462 g/mol. The number of nitriles is 1. The van der Waals surface area contributed by atoms with Crippen LogP contribution in [-0.4, -0.2) is 45.9 Å². The van der Waals surface area contributed by atoms with Gasteiger partial charge in [-0.3, -0.25) is 9.59 Å². The van der Waals surface area contributed by atoms with Crippen molar-refractivity contribution in [1.29, 1.82) is 5.26 Å². The molecule has 0 saturated carbocycles. The fourth-order valence-electron chi connectivity index (χ4n) is 3.92. The zero-order valence-electron chi connectivity index (χ0n) is 18.0. The van der Waals surface area contributed by atoms with Crippen LogP contribution in [0, 0.1) is 17.2 Å². The van der Waals surface area contributed by atoms with E-state index in [1.165, 1.54) is 23.6 Å². The number of benzene rings is 2. The second kappa shape index (κ2) is 9.51. The molecule has 4 atom stereocenters. The summed E-state index contributed by atoms with van der Waals surface area (Å²) in [5.41, 5.74) is 2.20. The lowest BCUT2D eigenvalue weighted by Gasteiger charge is -2.52. The molecule has 0 bridgehead atoms. The highest BCUT2D eigenvalue weighted by Gasteiger charge is 2.56. The summed E-state index contributed by atoms with van der Waals surface area (Å²) in [5, 5.41) is 11.2. The zero-order valence-corrected chi connectivity index (χ0v) is 18.8. The molecule has 168 valence electrons. The van der Waals surface area contributed by atoms with Crippen LogP contribution in [0.25, 0.3) is 0 Å². The molecular formula is C25H23N3O4S. The maximum atomic E-state index is 13.4. The first kappa shape index (κ1) is 22.6. The topological polar surface area (TPSA) is 99.5 Å². The lowest BCUT2D eigenvalue weighted by atomic mass is 9.97. The summed E-state index contributed by atoms with van der Waals surface area (Å²) in [6, 6.07) is 19.0. The lowest BCUT2D eigenvalue weighted by molar-refractivity contribution is -0.165. The van der Waals surface area contributed by atoms with Gasteiger partial charge in [0.1, 0.15) is 17.3 Å². The van der Waals surface area contributed by atoms with Crippen LogP contribution in [-0.2, 0) is 19.1 Å². The maximum absolute atomic E-state index is 13.4. The first-order valence-corrected chi connectivity index (χ1v) is 11.6. The van der Waals surface area contributed by atoms with E-state index in [9.17, 15) is 14.4 Å². The van der Waals surface area contributed by atoms with Gasteiger partial charge in [-0.2, -0.15) is 5.26 Å². The smallest absolute Gasteiger partial charge is 0.334 e. The SMILES string of the molecule is C=C1CS[C@H]2[C@H](NC(=O)C(C)C#N)C(=O)N2[C@H]1C(=O)OC(c1ccccc1)c1ccccc1. The highest BCUT2D eigenvalue weighted by Crippen LogP contribution is 2.41. The van der Waals surface area contributed by atoms with Crippen LogP contribution in [0.1, 0.15) is 24.2 Å². The first-order valence-electron chi connectivity index (χ1n) is 10.5. The molecule has 2 saturated heterocycles. The molecular weight excluding hydrogens is 438 g/mol. The highest BCUT2D eigenvalue weighted by atomic mass is 32.2. The Balaban J connectivity index is 1.54.